The minimum atomic E-state index is -1.32. The summed E-state index contributed by atoms with van der Waals surface area (Å²) in [6, 6.07) is 12.3. The number of phenolic OH excluding ortho intramolecular Hbond substituents is 1. The maximum absolute atomic E-state index is 14.6. The van der Waals surface area contributed by atoms with Gasteiger partial charge in [0.1, 0.15) is 29.9 Å². The highest BCUT2D eigenvalue weighted by Gasteiger charge is 2.65. The van der Waals surface area contributed by atoms with Crippen LogP contribution in [0.5, 0.6) is 17.2 Å². The summed E-state index contributed by atoms with van der Waals surface area (Å²) < 4.78 is 19.6. The molecule has 51 heavy (non-hydrogen) atoms. The van der Waals surface area contributed by atoms with Gasteiger partial charge in [0.15, 0.2) is 0 Å². The number of carbonyl (C=O) groups excluding carboxylic acids is 1. The number of unbranched alkanes of at least 4 members (excludes halogenated alkanes) is 2. The van der Waals surface area contributed by atoms with Gasteiger partial charge < -0.3 is 39.3 Å². The minimum absolute atomic E-state index is 0.0614. The molecule has 3 aliphatic rings. The average molecular weight is 705 g/mol. The molecule has 0 bridgehead atoms. The van der Waals surface area contributed by atoms with Crippen molar-refractivity contribution in [1.29, 1.82) is 0 Å². The zero-order valence-corrected chi connectivity index (χ0v) is 30.5. The number of aliphatic hydroxyl groups excluding tert-OH is 2. The molecule has 2 aromatic carbocycles. The lowest BCUT2D eigenvalue weighted by Gasteiger charge is -2.60. The maximum Gasteiger partial charge on any atom is 0.239 e. The van der Waals surface area contributed by atoms with E-state index in [1.165, 1.54) is 0 Å². The van der Waals surface area contributed by atoms with Crippen molar-refractivity contribution in [3.63, 3.8) is 0 Å². The van der Waals surface area contributed by atoms with Crippen LogP contribution in [0.15, 0.2) is 71.9 Å². The van der Waals surface area contributed by atoms with Crippen molar-refractivity contribution in [3.05, 3.63) is 77.9 Å². The van der Waals surface area contributed by atoms with Crippen molar-refractivity contribution in [1.82, 2.24) is 4.90 Å². The van der Waals surface area contributed by atoms with E-state index < -0.39 is 17.7 Å². The Bertz CT molecular complexity index is 1540. The number of rotatable bonds is 19. The first-order chi connectivity index (χ1) is 24.8. The monoisotopic (exact) mass is 704 g/mol. The standard InChI is InChI=1S/C41H56N2O8/c1-5-19-43(38(47)24-28-13-12-15-31(23-28)48-4)37-27-35(42-50-7-3)33-25-29(14-8-10-20-44)32(16-9-11-21-45)39-34-26-30(46)17-18-36(34)51-41(37,40(33)39)49-22-6-2/h6,12-13,15,17-18,23,25-26,29,32,37,39-40,44-46H,2,5,7-11,14,16,19-22,24,27H2,1,3-4H3/t29-,32+,37-,39+,40+,41+/m0/s1. The highest BCUT2D eigenvalue weighted by atomic mass is 16.7. The fraction of sp³-hybridized carbons (Fsp3) is 0.561. The summed E-state index contributed by atoms with van der Waals surface area (Å²) in [6.45, 7) is 9.24. The third-order valence-corrected chi connectivity index (χ3v) is 10.6. The van der Waals surface area contributed by atoms with Crippen LogP contribution in [0.2, 0.25) is 0 Å². The number of oxime groups is 1. The zero-order valence-electron chi connectivity index (χ0n) is 30.5. The predicted octanol–water partition coefficient (Wildman–Crippen LogP) is 6.54. The molecule has 1 fully saturated rings. The third kappa shape index (κ3) is 8.29. The SMILES string of the molecule is C=CCO[C@@]12Oc3ccc(O)cc3[C@H]3[C@H](CCCCO)[C@@H](CCCCO)C=C(C(=NOCC)C[C@@H]1N(CCC)C(=O)Cc1cccc(OC)c1)[C@H]32. The summed E-state index contributed by atoms with van der Waals surface area (Å²) in [4.78, 5) is 22.3. The molecule has 5 rings (SSSR count). The average Bonchev–Trinajstić information content (AvgIpc) is 3.13. The highest BCUT2D eigenvalue weighted by molar-refractivity contribution is 6.03. The number of allylic oxidation sites excluding steroid dienone is 1. The molecule has 3 N–H and O–H groups in total. The summed E-state index contributed by atoms with van der Waals surface area (Å²) in [5, 5.41) is 35.1. The molecule has 1 aliphatic heterocycles. The number of carbonyl (C=O) groups is 1. The number of phenols is 1. The second-order valence-corrected chi connectivity index (χ2v) is 13.8. The van der Waals surface area contributed by atoms with Crippen molar-refractivity contribution < 1.29 is 39.2 Å². The van der Waals surface area contributed by atoms with E-state index >= 15 is 0 Å². The summed E-state index contributed by atoms with van der Waals surface area (Å²) >= 11 is 0. The molecule has 1 heterocycles. The summed E-state index contributed by atoms with van der Waals surface area (Å²) in [7, 11) is 1.62. The van der Waals surface area contributed by atoms with E-state index in [0.29, 0.717) is 50.3 Å². The number of aromatic hydroxyl groups is 1. The minimum Gasteiger partial charge on any atom is -0.508 e. The van der Waals surface area contributed by atoms with Crippen LogP contribution < -0.4 is 9.47 Å². The molecule has 0 unspecified atom stereocenters. The molecule has 0 saturated heterocycles. The Morgan fingerprint density at radius 3 is 2.59 bits per heavy atom. The van der Waals surface area contributed by atoms with Gasteiger partial charge in [-0.3, -0.25) is 4.79 Å². The Morgan fingerprint density at radius 2 is 1.88 bits per heavy atom. The van der Waals surface area contributed by atoms with Crippen LogP contribution in [0.4, 0.5) is 0 Å². The smallest absolute Gasteiger partial charge is 0.239 e. The number of amides is 1. The lowest BCUT2D eigenvalue weighted by molar-refractivity contribution is -0.257. The van der Waals surface area contributed by atoms with Gasteiger partial charge in [-0.2, -0.15) is 0 Å². The molecule has 278 valence electrons. The molecule has 1 saturated carbocycles. The number of benzene rings is 2. The molecule has 10 heteroatoms. The van der Waals surface area contributed by atoms with Gasteiger partial charge in [-0.05, 0) is 92.3 Å². The Hall–Kier alpha value is -3.86. The molecule has 1 amide bonds. The van der Waals surface area contributed by atoms with Gasteiger partial charge in [0.05, 0.1) is 31.8 Å². The predicted molar refractivity (Wildman–Crippen MR) is 197 cm³/mol. The Kier molecular flexibility index (Phi) is 13.6. The molecule has 10 nitrogen and oxygen atoms in total. The van der Waals surface area contributed by atoms with Gasteiger partial charge in [0.25, 0.3) is 0 Å². The maximum atomic E-state index is 14.6. The molecule has 6 atom stereocenters. The fourth-order valence-electron chi connectivity index (χ4n) is 8.55. The molecule has 0 radical (unpaired) electrons. The van der Waals surface area contributed by atoms with Gasteiger partial charge in [-0.1, -0.05) is 49.2 Å². The second-order valence-electron chi connectivity index (χ2n) is 13.8. The number of hydrogen-bond acceptors (Lipinski definition) is 9. The van der Waals surface area contributed by atoms with Crippen molar-refractivity contribution >= 4 is 11.6 Å². The van der Waals surface area contributed by atoms with Crippen LogP contribution in [0.3, 0.4) is 0 Å². The number of fused-ring (bicyclic) bond motifs is 2. The normalized spacial score (nSPS) is 25.6. The Labute approximate surface area is 302 Å². The lowest BCUT2D eigenvalue weighted by Crippen LogP contribution is -2.70. The van der Waals surface area contributed by atoms with E-state index in [2.05, 4.69) is 19.6 Å². The quantitative estimate of drug-likeness (QED) is 0.0855. The molecular formula is C41H56N2O8. The lowest BCUT2D eigenvalue weighted by atomic mass is 9.55. The number of aliphatic hydroxyl groups is 2. The van der Waals surface area contributed by atoms with Crippen LogP contribution in [0, 0.1) is 17.8 Å². The number of ether oxygens (including phenoxy) is 3. The molecule has 0 spiro atoms. The Balaban J connectivity index is 1.73. The van der Waals surface area contributed by atoms with Gasteiger partial charge in [0, 0.05) is 37.7 Å². The van der Waals surface area contributed by atoms with Crippen LogP contribution in [-0.2, 0) is 20.8 Å². The van der Waals surface area contributed by atoms with Crippen LogP contribution in [-0.4, -0.2) is 83.7 Å². The summed E-state index contributed by atoms with van der Waals surface area (Å²) in [6.07, 6.45) is 10.0. The van der Waals surface area contributed by atoms with E-state index in [4.69, 9.17) is 24.2 Å². The van der Waals surface area contributed by atoms with Crippen LogP contribution in [0.25, 0.3) is 0 Å². The second kappa shape index (κ2) is 18.1. The number of methoxy groups -OCH3 is 1. The highest BCUT2D eigenvalue weighted by Crippen LogP contribution is 2.61. The Morgan fingerprint density at radius 1 is 1.10 bits per heavy atom. The van der Waals surface area contributed by atoms with Crippen LogP contribution in [0.1, 0.15) is 82.3 Å². The van der Waals surface area contributed by atoms with E-state index in [1.54, 1.807) is 19.3 Å². The number of hydrogen-bond donors (Lipinski definition) is 3. The van der Waals surface area contributed by atoms with Gasteiger partial charge in [-0.15, -0.1) is 6.58 Å². The van der Waals surface area contributed by atoms with Crippen molar-refractivity contribution in [2.75, 3.05) is 40.1 Å². The van der Waals surface area contributed by atoms with Crippen molar-refractivity contribution in [2.45, 2.75) is 89.4 Å². The van der Waals surface area contributed by atoms with Gasteiger partial charge in [0.2, 0.25) is 11.7 Å². The molecular weight excluding hydrogens is 648 g/mol. The van der Waals surface area contributed by atoms with Crippen molar-refractivity contribution in [3.8, 4) is 17.2 Å². The first kappa shape index (κ1) is 38.4. The zero-order chi connectivity index (χ0) is 36.4. The van der Waals surface area contributed by atoms with E-state index in [-0.39, 0.29) is 55.7 Å². The van der Waals surface area contributed by atoms with Crippen molar-refractivity contribution in [2.24, 2.45) is 22.9 Å². The molecule has 0 aromatic heterocycles. The first-order valence-corrected chi connectivity index (χ1v) is 18.7. The van der Waals surface area contributed by atoms with E-state index in [0.717, 1.165) is 48.1 Å². The first-order valence-electron chi connectivity index (χ1n) is 18.7. The molecule has 2 aliphatic carbocycles. The van der Waals surface area contributed by atoms with Crippen LogP contribution >= 0.6 is 0 Å². The molecule has 2 aromatic rings. The van der Waals surface area contributed by atoms with E-state index in [1.807, 2.05) is 48.2 Å². The topological polar surface area (TPSA) is 130 Å². The van der Waals surface area contributed by atoms with Gasteiger partial charge >= 0.3 is 0 Å². The van der Waals surface area contributed by atoms with Gasteiger partial charge in [-0.25, -0.2) is 0 Å². The van der Waals surface area contributed by atoms with E-state index in [9.17, 15) is 20.1 Å². The fourth-order valence-corrected chi connectivity index (χ4v) is 8.55. The number of nitrogens with zero attached hydrogens (tertiary/aromatic N) is 2. The largest absolute Gasteiger partial charge is 0.508 e. The third-order valence-electron chi connectivity index (χ3n) is 10.6. The summed E-state index contributed by atoms with van der Waals surface area (Å²) in [5.74, 6) is -0.271. The summed E-state index contributed by atoms with van der Waals surface area (Å²) in [5.41, 5.74) is 3.48.